The fraction of sp³-hybridized carbons (Fsp3) is 0.364. The lowest BCUT2D eigenvalue weighted by Gasteiger charge is -2.06. The molecule has 5 nitrogen and oxygen atoms in total. The van der Waals surface area contributed by atoms with Crippen molar-refractivity contribution in [3.63, 3.8) is 0 Å². The molecule has 2 aromatic rings. The molecule has 0 saturated heterocycles. The van der Waals surface area contributed by atoms with Gasteiger partial charge in [0.15, 0.2) is 5.82 Å². The van der Waals surface area contributed by atoms with Gasteiger partial charge >= 0.3 is 0 Å². The van der Waals surface area contributed by atoms with Crippen molar-refractivity contribution in [3.05, 3.63) is 23.8 Å². The quantitative estimate of drug-likeness (QED) is 0.846. The van der Waals surface area contributed by atoms with Crippen LogP contribution in [0.25, 0.3) is 11.4 Å². The van der Waals surface area contributed by atoms with Crippen LogP contribution in [0.15, 0.2) is 12.1 Å². The first-order valence-electron chi connectivity index (χ1n) is 5.64. The summed E-state index contributed by atoms with van der Waals surface area (Å²) in [4.78, 5) is 0. The molecule has 2 N–H and O–H groups in total. The predicted molar refractivity (Wildman–Crippen MR) is 62.5 cm³/mol. The van der Waals surface area contributed by atoms with Gasteiger partial charge in [-0.25, -0.2) is 13.5 Å². The largest absolute Gasteiger partial charge is 0.396 e. The summed E-state index contributed by atoms with van der Waals surface area (Å²) in [6, 6.07) is 1.95. The molecule has 1 heterocycles. The van der Waals surface area contributed by atoms with Gasteiger partial charge in [-0.15, -0.1) is 5.10 Å². The maximum Gasteiger partial charge on any atom is 0.185 e. The third-order valence-electron chi connectivity index (χ3n) is 2.58. The molecule has 0 aliphatic heterocycles. The number of nitrogens with two attached hydrogens (primary N) is 1. The number of benzene rings is 1. The first-order chi connectivity index (χ1) is 8.63. The number of halogens is 2. The van der Waals surface area contributed by atoms with Gasteiger partial charge in [0.1, 0.15) is 11.6 Å². The number of anilines is 1. The van der Waals surface area contributed by atoms with E-state index < -0.39 is 11.6 Å². The molecule has 0 aliphatic rings. The Morgan fingerprint density at radius 2 is 2.06 bits per heavy atom. The van der Waals surface area contributed by atoms with E-state index in [1.807, 2.05) is 6.92 Å². The maximum absolute atomic E-state index is 13.7. The van der Waals surface area contributed by atoms with Crippen molar-refractivity contribution in [2.24, 2.45) is 0 Å². The average molecular weight is 253 g/mol. The molecule has 0 atom stereocenters. The van der Waals surface area contributed by atoms with Crippen LogP contribution >= 0.6 is 0 Å². The highest BCUT2D eigenvalue weighted by Crippen LogP contribution is 2.24. The molecule has 0 radical (unpaired) electrons. The molecule has 0 fully saturated rings. The molecule has 0 unspecified atom stereocenters. The second-order valence-corrected chi connectivity index (χ2v) is 3.93. The molecule has 0 aliphatic carbocycles. The first kappa shape index (κ1) is 12.4. The Morgan fingerprint density at radius 3 is 2.78 bits per heavy atom. The van der Waals surface area contributed by atoms with E-state index in [1.165, 1.54) is 10.7 Å². The topological polar surface area (TPSA) is 69.6 Å². The van der Waals surface area contributed by atoms with E-state index in [-0.39, 0.29) is 17.1 Å². The van der Waals surface area contributed by atoms with Gasteiger partial charge in [0.25, 0.3) is 0 Å². The third kappa shape index (κ3) is 2.29. The van der Waals surface area contributed by atoms with Crippen molar-refractivity contribution in [2.75, 3.05) is 5.73 Å². The fourth-order valence-electron chi connectivity index (χ4n) is 1.59. The van der Waals surface area contributed by atoms with E-state index in [1.54, 1.807) is 0 Å². The normalized spacial score (nSPS) is 10.8. The van der Waals surface area contributed by atoms with Gasteiger partial charge in [-0.05, 0) is 22.9 Å². The summed E-state index contributed by atoms with van der Waals surface area (Å²) in [5.41, 5.74) is 5.40. The second-order valence-electron chi connectivity index (χ2n) is 3.93. The smallest absolute Gasteiger partial charge is 0.185 e. The molecule has 1 aromatic carbocycles. The average Bonchev–Trinajstić information content (AvgIpc) is 2.79. The van der Waals surface area contributed by atoms with Crippen LogP contribution in [0, 0.1) is 11.6 Å². The van der Waals surface area contributed by atoms with Gasteiger partial charge in [0.05, 0.1) is 11.3 Å². The maximum atomic E-state index is 13.7. The molecule has 0 spiro atoms. The number of aromatic nitrogens is 4. The van der Waals surface area contributed by atoms with Crippen molar-refractivity contribution < 1.29 is 8.78 Å². The molecule has 2 rings (SSSR count). The van der Waals surface area contributed by atoms with E-state index >= 15 is 0 Å². The SMILES string of the molecule is CCCCn1nnnc1-c1cc(N)c(F)cc1F. The number of rotatable bonds is 4. The zero-order chi connectivity index (χ0) is 13.1. The monoisotopic (exact) mass is 253 g/mol. The second kappa shape index (κ2) is 5.07. The Balaban J connectivity index is 2.42. The van der Waals surface area contributed by atoms with Crippen molar-refractivity contribution in [2.45, 2.75) is 26.3 Å². The number of aryl methyl sites for hydroxylation is 1. The highest BCUT2D eigenvalue weighted by atomic mass is 19.1. The van der Waals surface area contributed by atoms with Crippen molar-refractivity contribution >= 4 is 5.69 Å². The van der Waals surface area contributed by atoms with Gasteiger partial charge in [-0.1, -0.05) is 13.3 Å². The van der Waals surface area contributed by atoms with Gasteiger partial charge < -0.3 is 5.73 Å². The molecular weight excluding hydrogens is 240 g/mol. The Labute approximate surface area is 103 Å². The van der Waals surface area contributed by atoms with E-state index in [0.717, 1.165) is 18.9 Å². The van der Waals surface area contributed by atoms with Crippen molar-refractivity contribution in [3.8, 4) is 11.4 Å². The summed E-state index contributed by atoms with van der Waals surface area (Å²) in [7, 11) is 0. The van der Waals surface area contributed by atoms with Crippen LogP contribution in [0.2, 0.25) is 0 Å². The lowest BCUT2D eigenvalue weighted by atomic mass is 10.1. The zero-order valence-corrected chi connectivity index (χ0v) is 9.90. The van der Waals surface area contributed by atoms with Crippen LogP contribution in [0.5, 0.6) is 0 Å². The minimum absolute atomic E-state index is 0.106. The van der Waals surface area contributed by atoms with Gasteiger partial charge in [0.2, 0.25) is 0 Å². The number of tetrazole rings is 1. The lowest BCUT2D eigenvalue weighted by molar-refractivity contribution is 0.552. The van der Waals surface area contributed by atoms with E-state index in [2.05, 4.69) is 15.5 Å². The van der Waals surface area contributed by atoms with E-state index in [4.69, 9.17) is 5.73 Å². The minimum atomic E-state index is -0.788. The Morgan fingerprint density at radius 1 is 1.28 bits per heavy atom. The summed E-state index contributed by atoms with van der Waals surface area (Å²) in [5, 5.41) is 11.0. The summed E-state index contributed by atoms with van der Waals surface area (Å²) >= 11 is 0. The zero-order valence-electron chi connectivity index (χ0n) is 9.90. The van der Waals surface area contributed by atoms with Crippen LogP contribution in [-0.4, -0.2) is 20.2 Å². The fourth-order valence-corrected chi connectivity index (χ4v) is 1.59. The standard InChI is InChI=1S/C11H13F2N5/c1-2-3-4-18-11(15-16-17-18)7-5-10(14)9(13)6-8(7)12/h5-6H,2-4,14H2,1H3. The number of hydrogen-bond acceptors (Lipinski definition) is 4. The lowest BCUT2D eigenvalue weighted by Crippen LogP contribution is -2.04. The molecular formula is C11H13F2N5. The number of hydrogen-bond donors (Lipinski definition) is 1. The molecule has 1 aromatic heterocycles. The summed E-state index contributed by atoms with van der Waals surface area (Å²) in [5.74, 6) is -1.26. The van der Waals surface area contributed by atoms with Crippen LogP contribution in [0.3, 0.4) is 0 Å². The van der Waals surface area contributed by atoms with Gasteiger partial charge in [-0.2, -0.15) is 0 Å². The van der Waals surface area contributed by atoms with E-state index in [0.29, 0.717) is 6.54 Å². The van der Waals surface area contributed by atoms with Crippen LogP contribution in [0.1, 0.15) is 19.8 Å². The van der Waals surface area contributed by atoms with Crippen LogP contribution < -0.4 is 5.73 Å². The molecule has 0 bridgehead atoms. The number of nitrogens with zero attached hydrogens (tertiary/aromatic N) is 4. The first-order valence-corrected chi connectivity index (χ1v) is 5.64. The molecule has 96 valence electrons. The molecule has 0 amide bonds. The van der Waals surface area contributed by atoms with E-state index in [9.17, 15) is 8.78 Å². The summed E-state index contributed by atoms with van der Waals surface area (Å²) < 4.78 is 28.3. The summed E-state index contributed by atoms with van der Waals surface area (Å²) in [6.07, 6.45) is 1.84. The highest BCUT2D eigenvalue weighted by Gasteiger charge is 2.15. The van der Waals surface area contributed by atoms with Crippen LogP contribution in [0.4, 0.5) is 14.5 Å². The summed E-state index contributed by atoms with van der Waals surface area (Å²) in [6.45, 7) is 2.61. The highest BCUT2D eigenvalue weighted by molar-refractivity contribution is 5.62. The van der Waals surface area contributed by atoms with Crippen molar-refractivity contribution in [1.82, 2.24) is 20.2 Å². The van der Waals surface area contributed by atoms with Gasteiger partial charge in [0, 0.05) is 12.6 Å². The Bertz CT molecular complexity index is 552. The molecule has 0 saturated carbocycles. The number of unbranched alkanes of at least 4 members (excludes halogenated alkanes) is 1. The number of nitrogen functional groups attached to an aromatic ring is 1. The van der Waals surface area contributed by atoms with Gasteiger partial charge in [-0.3, -0.25) is 0 Å². The Kier molecular flexibility index (Phi) is 3.50. The third-order valence-corrected chi connectivity index (χ3v) is 2.58. The van der Waals surface area contributed by atoms with Crippen molar-refractivity contribution in [1.29, 1.82) is 0 Å². The minimum Gasteiger partial charge on any atom is -0.396 e. The van der Waals surface area contributed by atoms with Crippen LogP contribution in [-0.2, 0) is 6.54 Å². The molecule has 18 heavy (non-hydrogen) atoms. The Hall–Kier alpha value is -2.05. The molecule has 7 heteroatoms. The predicted octanol–water partition coefficient (Wildman–Crippen LogP) is 2.00.